The van der Waals surface area contributed by atoms with Gasteiger partial charge in [-0.3, -0.25) is 10.1 Å². The van der Waals surface area contributed by atoms with Gasteiger partial charge in [-0.1, -0.05) is 35.5 Å². The number of likely N-dealkylation sites (tertiary alicyclic amines) is 1. The lowest BCUT2D eigenvalue weighted by atomic mass is 9.74. The van der Waals surface area contributed by atoms with Crippen LogP contribution in [0.2, 0.25) is 0 Å². The fourth-order valence-electron chi connectivity index (χ4n) is 4.31. The Kier molecular flexibility index (Phi) is 7.13. The monoisotopic (exact) mass is 445 g/mol. The predicted molar refractivity (Wildman–Crippen MR) is 124 cm³/mol. The zero-order valence-corrected chi connectivity index (χ0v) is 18.4. The summed E-state index contributed by atoms with van der Waals surface area (Å²) in [7, 11) is 0. The van der Waals surface area contributed by atoms with Crippen molar-refractivity contribution in [1.82, 2.24) is 15.4 Å². The summed E-state index contributed by atoms with van der Waals surface area (Å²) in [6.07, 6.45) is 2.74. The highest BCUT2D eigenvalue weighted by Gasteiger charge is 2.36. The van der Waals surface area contributed by atoms with Gasteiger partial charge in [0.1, 0.15) is 5.69 Å². The van der Waals surface area contributed by atoms with Gasteiger partial charge in [0.05, 0.1) is 23.0 Å². The van der Waals surface area contributed by atoms with Crippen molar-refractivity contribution in [3.63, 3.8) is 0 Å². The highest BCUT2D eigenvalue weighted by atomic mass is 16.6. The van der Waals surface area contributed by atoms with Crippen LogP contribution in [0.1, 0.15) is 30.6 Å². The molecule has 8 heteroatoms. The fourth-order valence-corrected chi connectivity index (χ4v) is 4.31. The number of nitro benzene ring substituents is 1. The summed E-state index contributed by atoms with van der Waals surface area (Å²) in [5.74, 6) is 0.725. The lowest BCUT2D eigenvalue weighted by Gasteiger charge is -2.37. The molecule has 0 radical (unpaired) electrons. The molecule has 33 heavy (non-hydrogen) atoms. The first-order chi connectivity index (χ1) is 16.1. The Morgan fingerprint density at radius 1 is 1.15 bits per heavy atom. The molecule has 1 aromatic heterocycles. The number of hydrogen-bond acceptors (Lipinski definition) is 7. The zero-order chi connectivity index (χ0) is 23.1. The number of nitro groups is 1. The summed E-state index contributed by atoms with van der Waals surface area (Å²) in [5.41, 5.74) is 2.27. The van der Waals surface area contributed by atoms with Gasteiger partial charge in [-0.2, -0.15) is 5.26 Å². The number of nitrogens with zero attached hydrogens (tertiary/aromatic N) is 4. The molecule has 170 valence electrons. The molecule has 1 N–H and O–H groups in total. The molecule has 0 unspecified atom stereocenters. The smallest absolute Gasteiger partial charge is 0.269 e. The first kappa shape index (κ1) is 22.6. The van der Waals surface area contributed by atoms with E-state index in [4.69, 9.17) is 4.52 Å². The van der Waals surface area contributed by atoms with Gasteiger partial charge in [0.15, 0.2) is 5.76 Å². The molecule has 2 heterocycles. The van der Waals surface area contributed by atoms with E-state index in [-0.39, 0.29) is 11.1 Å². The summed E-state index contributed by atoms with van der Waals surface area (Å²) in [4.78, 5) is 12.8. The summed E-state index contributed by atoms with van der Waals surface area (Å²) in [6.45, 7) is 4.29. The average Bonchev–Trinajstić information content (AvgIpc) is 3.34. The third kappa shape index (κ3) is 5.45. The summed E-state index contributed by atoms with van der Waals surface area (Å²) >= 11 is 0. The molecule has 1 saturated heterocycles. The van der Waals surface area contributed by atoms with E-state index in [9.17, 15) is 15.4 Å². The van der Waals surface area contributed by atoms with E-state index in [1.54, 1.807) is 12.1 Å². The zero-order valence-electron chi connectivity index (χ0n) is 18.4. The largest absolute Gasteiger partial charge is 0.359 e. The fraction of sp³-hybridized carbons (Fsp3) is 0.360. The minimum Gasteiger partial charge on any atom is -0.359 e. The van der Waals surface area contributed by atoms with Gasteiger partial charge in [-0.15, -0.1) is 0 Å². The average molecular weight is 446 g/mol. The molecule has 0 aliphatic carbocycles. The highest BCUT2D eigenvalue weighted by Crippen LogP contribution is 2.34. The number of nitriles is 1. The van der Waals surface area contributed by atoms with E-state index in [2.05, 4.69) is 33.6 Å². The molecule has 0 amide bonds. The second kappa shape index (κ2) is 10.4. The molecular formula is C25H27N5O3. The lowest BCUT2D eigenvalue weighted by Crippen LogP contribution is -2.42. The molecule has 1 aliphatic heterocycles. The molecule has 0 bridgehead atoms. The van der Waals surface area contributed by atoms with E-state index in [1.165, 1.54) is 12.1 Å². The van der Waals surface area contributed by atoms with E-state index >= 15 is 0 Å². The minimum atomic E-state index is -0.422. The maximum absolute atomic E-state index is 10.8. The van der Waals surface area contributed by atoms with E-state index < -0.39 is 4.92 Å². The number of rotatable bonds is 9. The molecule has 0 saturated carbocycles. The van der Waals surface area contributed by atoms with Gasteiger partial charge in [0, 0.05) is 23.8 Å². The number of benzene rings is 2. The number of nitrogens with one attached hydrogen (secondary N) is 1. The Morgan fingerprint density at radius 2 is 1.88 bits per heavy atom. The van der Waals surface area contributed by atoms with Gasteiger partial charge in [0.2, 0.25) is 0 Å². The van der Waals surface area contributed by atoms with Gasteiger partial charge in [-0.05, 0) is 63.1 Å². The van der Waals surface area contributed by atoms with Crippen LogP contribution in [-0.4, -0.2) is 41.2 Å². The van der Waals surface area contributed by atoms with Crippen LogP contribution in [0.5, 0.6) is 0 Å². The van der Waals surface area contributed by atoms with Crippen LogP contribution in [0.15, 0.2) is 65.2 Å². The second-order valence-corrected chi connectivity index (χ2v) is 8.41. The quantitative estimate of drug-likeness (QED) is 0.297. The molecule has 1 fully saturated rings. The summed E-state index contributed by atoms with van der Waals surface area (Å²) in [6, 6.07) is 20.9. The van der Waals surface area contributed by atoms with Gasteiger partial charge < -0.3 is 14.7 Å². The van der Waals surface area contributed by atoms with Crippen LogP contribution >= 0.6 is 0 Å². The van der Waals surface area contributed by atoms with E-state index in [0.717, 1.165) is 62.3 Å². The Balaban J connectivity index is 1.17. The van der Waals surface area contributed by atoms with Crippen LogP contribution < -0.4 is 5.32 Å². The Bertz CT molecular complexity index is 1100. The van der Waals surface area contributed by atoms with Crippen molar-refractivity contribution in [3.8, 4) is 17.3 Å². The number of non-ortho nitro benzene ring substituents is 1. The Morgan fingerprint density at radius 3 is 2.55 bits per heavy atom. The number of aromatic nitrogens is 1. The molecule has 0 spiro atoms. The minimum absolute atomic E-state index is 0.0521. The molecule has 4 rings (SSSR count). The maximum Gasteiger partial charge on any atom is 0.269 e. The van der Waals surface area contributed by atoms with Crippen molar-refractivity contribution >= 4 is 5.69 Å². The SMILES string of the molecule is N#CC1(c2ccccc2)CCN(CCCNCc2cc(-c3ccc([N+](=O)[O-])cc3)no2)CC1. The second-order valence-electron chi connectivity index (χ2n) is 8.41. The van der Waals surface area contributed by atoms with Crippen LogP contribution in [0.4, 0.5) is 5.69 Å². The van der Waals surface area contributed by atoms with Gasteiger partial charge >= 0.3 is 0 Å². The molecular weight excluding hydrogens is 418 g/mol. The molecule has 8 nitrogen and oxygen atoms in total. The third-order valence-electron chi connectivity index (χ3n) is 6.31. The van der Waals surface area contributed by atoms with Crippen molar-refractivity contribution in [2.75, 3.05) is 26.2 Å². The summed E-state index contributed by atoms with van der Waals surface area (Å²) < 4.78 is 5.38. The molecule has 1 aliphatic rings. The lowest BCUT2D eigenvalue weighted by molar-refractivity contribution is -0.384. The van der Waals surface area contributed by atoms with E-state index in [1.807, 2.05) is 24.3 Å². The number of piperidine rings is 1. The van der Waals surface area contributed by atoms with Crippen molar-refractivity contribution in [2.45, 2.75) is 31.2 Å². The molecule has 2 aromatic carbocycles. The van der Waals surface area contributed by atoms with Crippen molar-refractivity contribution in [3.05, 3.63) is 82.1 Å². The topological polar surface area (TPSA) is 108 Å². The van der Waals surface area contributed by atoms with Crippen LogP contribution in [0.3, 0.4) is 0 Å². The normalized spacial score (nSPS) is 15.7. The van der Waals surface area contributed by atoms with Crippen LogP contribution in [0.25, 0.3) is 11.3 Å². The Hall–Kier alpha value is -3.54. The van der Waals surface area contributed by atoms with Crippen LogP contribution in [-0.2, 0) is 12.0 Å². The van der Waals surface area contributed by atoms with Crippen molar-refractivity contribution in [2.24, 2.45) is 0 Å². The standard InChI is InChI=1S/C25H27N5O3/c26-19-25(21-5-2-1-3-6-21)11-15-29(16-12-25)14-4-13-27-18-23-17-24(28-33-23)20-7-9-22(10-8-20)30(31)32/h1-3,5-10,17,27H,4,11-16,18H2. The predicted octanol–water partition coefficient (Wildman–Crippen LogP) is 4.29. The van der Waals surface area contributed by atoms with Gasteiger partial charge in [0.25, 0.3) is 5.69 Å². The molecule has 0 atom stereocenters. The molecule has 3 aromatic rings. The number of hydrogen-bond donors (Lipinski definition) is 1. The van der Waals surface area contributed by atoms with Crippen molar-refractivity contribution < 1.29 is 9.45 Å². The van der Waals surface area contributed by atoms with Crippen LogP contribution in [0, 0.1) is 21.4 Å². The highest BCUT2D eigenvalue weighted by molar-refractivity contribution is 5.60. The van der Waals surface area contributed by atoms with Crippen molar-refractivity contribution in [1.29, 1.82) is 5.26 Å². The third-order valence-corrected chi connectivity index (χ3v) is 6.31. The summed E-state index contributed by atoms with van der Waals surface area (Å²) in [5, 5.41) is 28.0. The van der Waals surface area contributed by atoms with Gasteiger partial charge in [-0.25, -0.2) is 0 Å². The van der Waals surface area contributed by atoms with E-state index in [0.29, 0.717) is 12.2 Å². The first-order valence-electron chi connectivity index (χ1n) is 11.2. The maximum atomic E-state index is 10.8. The Labute approximate surface area is 193 Å². The first-order valence-corrected chi connectivity index (χ1v) is 11.2.